The molecule has 1 saturated carbocycles. The number of rotatable bonds is 21. The summed E-state index contributed by atoms with van der Waals surface area (Å²) in [6.45, 7) is 4.44. The van der Waals surface area contributed by atoms with Gasteiger partial charge >= 0.3 is 0 Å². The van der Waals surface area contributed by atoms with Gasteiger partial charge in [0.25, 0.3) is 5.69 Å². The first-order valence-electron chi connectivity index (χ1n) is 21.9. The number of aldehydes is 1. The van der Waals surface area contributed by atoms with Gasteiger partial charge in [-0.2, -0.15) is 0 Å². The van der Waals surface area contributed by atoms with Gasteiger partial charge in [-0.25, -0.2) is 0 Å². The van der Waals surface area contributed by atoms with Crippen LogP contribution >= 0.6 is 0 Å². The lowest BCUT2D eigenvalue weighted by Gasteiger charge is -2.59. The number of allylic oxidation sites excluding steroid dienone is 1. The fraction of sp³-hybridized carbons (Fsp3) is 0.353. The number of nitro groups is 1. The second-order valence-corrected chi connectivity index (χ2v) is 16.5. The van der Waals surface area contributed by atoms with E-state index in [4.69, 9.17) is 24.2 Å². The number of ether oxygens (including phenoxy) is 3. The zero-order valence-electron chi connectivity index (χ0n) is 36.0. The molecule has 7 rings (SSSR count). The van der Waals surface area contributed by atoms with Gasteiger partial charge in [0.15, 0.2) is 0 Å². The smallest absolute Gasteiger partial charge is 0.269 e. The first-order chi connectivity index (χ1) is 31.2. The number of aliphatic hydroxyl groups is 2. The van der Waals surface area contributed by atoms with Gasteiger partial charge in [-0.3, -0.25) is 19.7 Å². The van der Waals surface area contributed by atoms with Crippen molar-refractivity contribution >= 4 is 29.7 Å². The summed E-state index contributed by atoms with van der Waals surface area (Å²) < 4.78 is 20.6. The van der Waals surface area contributed by atoms with E-state index in [1.165, 1.54) is 18.2 Å². The van der Waals surface area contributed by atoms with E-state index in [0.29, 0.717) is 46.9 Å². The number of nitro benzene ring substituents is 1. The summed E-state index contributed by atoms with van der Waals surface area (Å²) in [5, 5.41) is 36.0. The number of hydrogen-bond donors (Lipinski definition) is 2. The molecule has 1 fully saturated rings. The zero-order valence-corrected chi connectivity index (χ0v) is 36.0. The van der Waals surface area contributed by atoms with E-state index in [1.807, 2.05) is 48.5 Å². The van der Waals surface area contributed by atoms with Crippen LogP contribution < -0.4 is 9.47 Å². The highest BCUT2D eigenvalue weighted by atomic mass is 16.7. The average Bonchev–Trinajstić information content (AvgIpc) is 3.31. The third-order valence-corrected chi connectivity index (χ3v) is 12.5. The number of oxime groups is 1. The lowest BCUT2D eigenvalue weighted by Crippen LogP contribution is -2.69. The normalized spacial score (nSPS) is 22.7. The van der Waals surface area contributed by atoms with Crippen LogP contribution in [0.1, 0.15) is 77.9 Å². The Bertz CT molecular complexity index is 2360. The summed E-state index contributed by atoms with van der Waals surface area (Å²) in [4.78, 5) is 44.7. The van der Waals surface area contributed by atoms with Crippen molar-refractivity contribution in [2.24, 2.45) is 22.9 Å². The van der Waals surface area contributed by atoms with Gasteiger partial charge in [0, 0.05) is 61.9 Å². The monoisotopic (exact) mass is 869 g/mol. The van der Waals surface area contributed by atoms with Gasteiger partial charge in [-0.15, -0.1) is 6.58 Å². The van der Waals surface area contributed by atoms with Crippen LogP contribution in [0.5, 0.6) is 17.2 Å². The second-order valence-electron chi connectivity index (χ2n) is 16.5. The van der Waals surface area contributed by atoms with Gasteiger partial charge in [-0.1, -0.05) is 72.6 Å². The number of carbonyl (C=O) groups is 2. The summed E-state index contributed by atoms with van der Waals surface area (Å²) in [6.07, 6.45) is 12.3. The van der Waals surface area contributed by atoms with E-state index < -0.39 is 22.7 Å². The van der Waals surface area contributed by atoms with Crippen LogP contribution in [0.3, 0.4) is 0 Å². The van der Waals surface area contributed by atoms with E-state index in [0.717, 1.165) is 48.7 Å². The Balaban J connectivity index is 1.39. The van der Waals surface area contributed by atoms with E-state index in [2.05, 4.69) is 12.7 Å². The summed E-state index contributed by atoms with van der Waals surface area (Å²) in [5.74, 6) is -1.00. The van der Waals surface area contributed by atoms with Crippen molar-refractivity contribution in [3.05, 3.63) is 160 Å². The SMILES string of the molecule is C=CCO[C@@]12Oc3ccc(Oc4cccc(C=O)c4)cc3[C@H]3[C@H](CCCCO)[C@@H](CCCCO)C=C(C(=NOCc4ccccc4)C[C@@H]1N(C)C(=O)C=Cc1ccc([N+](=O)[O-])cc1)[C@H]32. The Kier molecular flexibility index (Phi) is 15.2. The Labute approximate surface area is 373 Å². The molecule has 0 saturated heterocycles. The van der Waals surface area contributed by atoms with E-state index in [9.17, 15) is 29.9 Å². The van der Waals surface area contributed by atoms with Crippen LogP contribution in [-0.4, -0.2) is 76.6 Å². The number of likely N-dealkylation sites (N-methyl/N-ethyl adjacent to an activating group) is 1. The van der Waals surface area contributed by atoms with Gasteiger partial charge in [0.05, 0.1) is 23.2 Å². The predicted molar refractivity (Wildman–Crippen MR) is 243 cm³/mol. The van der Waals surface area contributed by atoms with Gasteiger partial charge in [0.1, 0.15) is 36.2 Å². The van der Waals surface area contributed by atoms with Crippen molar-refractivity contribution in [1.29, 1.82) is 0 Å². The number of unbranched alkanes of at least 4 members (excludes halogenated alkanes) is 2. The van der Waals surface area contributed by atoms with Crippen LogP contribution in [0.4, 0.5) is 5.69 Å². The lowest BCUT2D eigenvalue weighted by atomic mass is 9.55. The largest absolute Gasteiger partial charge is 0.459 e. The molecular formula is C51H55N3O10. The number of fused-ring (bicyclic) bond motifs is 2. The van der Waals surface area contributed by atoms with Crippen molar-refractivity contribution in [1.82, 2.24) is 4.90 Å². The average molecular weight is 870 g/mol. The molecule has 13 nitrogen and oxygen atoms in total. The van der Waals surface area contributed by atoms with Gasteiger partial charge in [0.2, 0.25) is 11.7 Å². The zero-order chi connectivity index (χ0) is 45.1. The molecular weight excluding hydrogens is 815 g/mol. The van der Waals surface area contributed by atoms with Crippen molar-refractivity contribution in [2.75, 3.05) is 26.9 Å². The minimum atomic E-state index is -1.46. The minimum absolute atomic E-state index is 0.00438. The molecule has 0 spiro atoms. The molecule has 2 N–H and O–H groups in total. The van der Waals surface area contributed by atoms with Crippen LogP contribution in [0.15, 0.2) is 133 Å². The molecule has 0 bridgehead atoms. The quantitative estimate of drug-likeness (QED) is 0.0206. The molecule has 64 heavy (non-hydrogen) atoms. The van der Waals surface area contributed by atoms with Gasteiger partial charge in [-0.05, 0) is 103 Å². The molecule has 0 unspecified atom stereocenters. The third-order valence-electron chi connectivity index (χ3n) is 12.5. The lowest BCUT2D eigenvalue weighted by molar-refractivity contribution is -0.384. The molecule has 1 aliphatic heterocycles. The van der Waals surface area contributed by atoms with Crippen LogP contribution in [0, 0.1) is 27.9 Å². The molecule has 4 aromatic carbocycles. The highest BCUT2D eigenvalue weighted by molar-refractivity contribution is 6.03. The minimum Gasteiger partial charge on any atom is -0.459 e. The molecule has 13 heteroatoms. The summed E-state index contributed by atoms with van der Waals surface area (Å²) >= 11 is 0. The topological polar surface area (TPSA) is 170 Å². The fourth-order valence-electron chi connectivity index (χ4n) is 9.48. The molecule has 0 radical (unpaired) electrons. The van der Waals surface area contributed by atoms with E-state index in [-0.39, 0.29) is 62.2 Å². The van der Waals surface area contributed by atoms with Crippen LogP contribution in [-0.2, 0) is 21.0 Å². The highest BCUT2D eigenvalue weighted by Crippen LogP contribution is 2.62. The summed E-state index contributed by atoms with van der Waals surface area (Å²) in [5.41, 5.74) is 4.41. The molecule has 4 aromatic rings. The Morgan fingerprint density at radius 1 is 0.953 bits per heavy atom. The number of carbonyl (C=O) groups excluding carboxylic acids is 2. The Hall–Kier alpha value is -6.41. The van der Waals surface area contributed by atoms with Crippen LogP contribution in [0.2, 0.25) is 0 Å². The third kappa shape index (κ3) is 10.2. The number of non-ortho nitro benzene ring substituents is 1. The molecule has 6 atom stereocenters. The molecule has 2 aliphatic carbocycles. The Morgan fingerprint density at radius 2 is 1.70 bits per heavy atom. The molecule has 3 aliphatic rings. The fourth-order valence-corrected chi connectivity index (χ4v) is 9.48. The Morgan fingerprint density at radius 3 is 2.42 bits per heavy atom. The molecule has 334 valence electrons. The maximum absolute atomic E-state index is 14.4. The van der Waals surface area contributed by atoms with E-state index in [1.54, 1.807) is 60.5 Å². The number of nitrogens with zero attached hydrogens (tertiary/aromatic N) is 3. The van der Waals surface area contributed by atoms with Gasteiger partial charge < -0.3 is 34.2 Å². The van der Waals surface area contributed by atoms with E-state index >= 15 is 0 Å². The number of benzene rings is 4. The summed E-state index contributed by atoms with van der Waals surface area (Å²) in [7, 11) is 1.71. The maximum atomic E-state index is 14.4. The van der Waals surface area contributed by atoms with Crippen molar-refractivity contribution in [3.63, 3.8) is 0 Å². The van der Waals surface area contributed by atoms with Crippen molar-refractivity contribution < 1.29 is 43.8 Å². The second kappa shape index (κ2) is 21.3. The van der Waals surface area contributed by atoms with Crippen LogP contribution in [0.25, 0.3) is 6.08 Å². The molecule has 1 amide bonds. The maximum Gasteiger partial charge on any atom is 0.269 e. The predicted octanol–water partition coefficient (Wildman–Crippen LogP) is 9.21. The van der Waals surface area contributed by atoms with Crippen molar-refractivity contribution in [2.45, 2.75) is 69.3 Å². The number of aliphatic hydroxyl groups excluding tert-OH is 2. The molecule has 1 heterocycles. The highest BCUT2D eigenvalue weighted by Gasteiger charge is 2.65. The number of amides is 1. The first kappa shape index (κ1) is 45.6. The van der Waals surface area contributed by atoms with Crippen molar-refractivity contribution in [3.8, 4) is 17.2 Å². The number of hydrogen-bond acceptors (Lipinski definition) is 11. The molecule has 0 aromatic heterocycles. The standard InChI is InChI=1S/C51H55N3O10/c1-3-28-61-51-47(53(2)48(58)25-20-35-18-21-39(22-19-35)54(59)60)32-45(52-62-34-36-12-5-4-6-13-36)43-30-38(15-7-9-26-55)42(17-8-10-27-56)49(50(43)51)44-31-41(23-24-46(44)64-51)63-40-16-11-14-37(29-40)33-57/h3-6,11-14,16,18-25,29-31,33,38,42,47,49-50,55-56H,1,7-10,15,17,26-28,32,34H2,2H3/t38-,42+,47-,49+,50+,51+/m0/s1. The summed E-state index contributed by atoms with van der Waals surface area (Å²) in [6, 6.07) is 27.6. The first-order valence-corrected chi connectivity index (χ1v) is 21.9.